The number of nitrogens with one attached hydrogen (secondary N) is 1. The maximum atomic E-state index is 12.4. The van der Waals surface area contributed by atoms with Crippen LogP contribution in [-0.4, -0.2) is 56.2 Å². The van der Waals surface area contributed by atoms with Crippen molar-refractivity contribution >= 4 is 11.7 Å². The number of β-amino-alcohol motifs (C(OH)–C–C–N with tert-alkyl or cyclic N) is 1. The van der Waals surface area contributed by atoms with E-state index in [1.165, 1.54) is 6.20 Å². The number of rotatable bonds is 4. The summed E-state index contributed by atoms with van der Waals surface area (Å²) in [5, 5.41) is 13.7. The molecule has 0 radical (unpaired) electrons. The third kappa shape index (κ3) is 4.08. The summed E-state index contributed by atoms with van der Waals surface area (Å²) in [6.07, 6.45) is 7.88. The van der Waals surface area contributed by atoms with E-state index in [0.717, 1.165) is 18.8 Å². The molecule has 25 heavy (non-hydrogen) atoms. The fourth-order valence-electron chi connectivity index (χ4n) is 3.05. The second-order valence-corrected chi connectivity index (χ2v) is 6.41. The Hall–Kier alpha value is -2.61. The number of aliphatic hydroxyl groups is 1. The van der Waals surface area contributed by atoms with E-state index in [4.69, 9.17) is 0 Å². The summed E-state index contributed by atoms with van der Waals surface area (Å²) >= 11 is 0. The maximum absolute atomic E-state index is 12.4. The van der Waals surface area contributed by atoms with Crippen LogP contribution in [0.25, 0.3) is 0 Å². The molecule has 8 nitrogen and oxygen atoms in total. The van der Waals surface area contributed by atoms with Gasteiger partial charge in [0.25, 0.3) is 5.91 Å². The van der Waals surface area contributed by atoms with Crippen LogP contribution in [0.4, 0.5) is 5.82 Å². The van der Waals surface area contributed by atoms with Gasteiger partial charge in [-0.15, -0.1) is 0 Å². The summed E-state index contributed by atoms with van der Waals surface area (Å²) in [7, 11) is 0. The van der Waals surface area contributed by atoms with Crippen LogP contribution in [0.3, 0.4) is 0 Å². The number of hydrogen-bond acceptors (Lipinski definition) is 7. The highest BCUT2D eigenvalue weighted by Gasteiger charge is 2.34. The van der Waals surface area contributed by atoms with Crippen molar-refractivity contribution < 1.29 is 9.90 Å². The number of carbonyl (C=O) groups is 1. The fourth-order valence-corrected chi connectivity index (χ4v) is 3.05. The van der Waals surface area contributed by atoms with Crippen molar-refractivity contribution in [3.63, 3.8) is 0 Å². The number of amides is 1. The van der Waals surface area contributed by atoms with Crippen molar-refractivity contribution in [2.45, 2.75) is 32.3 Å². The van der Waals surface area contributed by atoms with Gasteiger partial charge >= 0.3 is 0 Å². The molecule has 2 aromatic heterocycles. The third-order valence-corrected chi connectivity index (χ3v) is 4.35. The Morgan fingerprint density at radius 2 is 2.16 bits per heavy atom. The minimum Gasteiger partial charge on any atom is -0.386 e. The van der Waals surface area contributed by atoms with Crippen LogP contribution in [0.1, 0.15) is 34.7 Å². The number of piperidine rings is 1. The standard InChI is InChI=1S/C17H22N6O2/c1-12-14(8-20-13(2)22-12)16(24)21-10-17(25)4-3-7-23(11-17)15-9-18-5-6-19-15/h5-6,8-9,25H,3-4,7,10-11H2,1-2H3,(H,21,24). The quantitative estimate of drug-likeness (QED) is 0.840. The Balaban J connectivity index is 1.64. The zero-order chi connectivity index (χ0) is 17.9. The van der Waals surface area contributed by atoms with E-state index < -0.39 is 5.60 Å². The molecule has 1 unspecified atom stereocenters. The van der Waals surface area contributed by atoms with E-state index >= 15 is 0 Å². The van der Waals surface area contributed by atoms with E-state index in [2.05, 4.69) is 25.3 Å². The van der Waals surface area contributed by atoms with Gasteiger partial charge in [0.1, 0.15) is 11.6 Å². The first-order valence-electron chi connectivity index (χ1n) is 8.29. The average Bonchev–Trinajstić information content (AvgIpc) is 2.61. The summed E-state index contributed by atoms with van der Waals surface area (Å²) in [4.78, 5) is 31.0. The highest BCUT2D eigenvalue weighted by molar-refractivity contribution is 5.94. The minimum absolute atomic E-state index is 0.163. The van der Waals surface area contributed by atoms with Crippen molar-refractivity contribution in [3.8, 4) is 0 Å². The average molecular weight is 342 g/mol. The molecule has 1 aliphatic rings. The second-order valence-electron chi connectivity index (χ2n) is 6.41. The molecule has 3 rings (SSSR count). The molecule has 0 aliphatic carbocycles. The molecule has 8 heteroatoms. The van der Waals surface area contributed by atoms with Crippen LogP contribution in [0.2, 0.25) is 0 Å². The van der Waals surface area contributed by atoms with Crippen molar-refractivity contribution in [1.29, 1.82) is 0 Å². The number of aryl methyl sites for hydroxylation is 2. The molecular weight excluding hydrogens is 320 g/mol. The highest BCUT2D eigenvalue weighted by atomic mass is 16.3. The predicted molar refractivity (Wildman–Crippen MR) is 92.3 cm³/mol. The lowest BCUT2D eigenvalue weighted by Gasteiger charge is -2.39. The zero-order valence-electron chi connectivity index (χ0n) is 14.4. The summed E-state index contributed by atoms with van der Waals surface area (Å²) in [5.41, 5.74) is 0.0443. The summed E-state index contributed by atoms with van der Waals surface area (Å²) in [5.74, 6) is 1.08. The SMILES string of the molecule is Cc1ncc(C(=O)NCC2(O)CCCN(c3cnccn3)C2)c(C)n1. The van der Waals surface area contributed by atoms with Crippen LogP contribution in [0.5, 0.6) is 0 Å². The first-order chi connectivity index (χ1) is 12.0. The molecule has 2 aromatic rings. The van der Waals surface area contributed by atoms with E-state index in [1.807, 2.05) is 4.90 Å². The van der Waals surface area contributed by atoms with Gasteiger partial charge in [-0.2, -0.15) is 0 Å². The van der Waals surface area contributed by atoms with Gasteiger partial charge in [0.2, 0.25) is 0 Å². The Morgan fingerprint density at radius 1 is 1.32 bits per heavy atom. The monoisotopic (exact) mass is 342 g/mol. The van der Waals surface area contributed by atoms with Gasteiger partial charge in [0.15, 0.2) is 0 Å². The van der Waals surface area contributed by atoms with Gasteiger partial charge in [-0.3, -0.25) is 9.78 Å². The molecule has 1 fully saturated rings. The number of hydrogen-bond donors (Lipinski definition) is 2. The molecular formula is C17H22N6O2. The minimum atomic E-state index is -1.01. The van der Waals surface area contributed by atoms with Crippen LogP contribution < -0.4 is 10.2 Å². The molecule has 3 heterocycles. The Labute approximate surface area is 146 Å². The summed E-state index contributed by atoms with van der Waals surface area (Å²) in [6.45, 7) is 4.92. The van der Waals surface area contributed by atoms with Gasteiger partial charge in [-0.25, -0.2) is 15.0 Å². The first-order valence-corrected chi connectivity index (χ1v) is 8.29. The number of nitrogens with zero attached hydrogens (tertiary/aromatic N) is 5. The molecule has 1 amide bonds. The van der Waals surface area contributed by atoms with Gasteiger partial charge < -0.3 is 15.3 Å². The Morgan fingerprint density at radius 3 is 2.88 bits per heavy atom. The molecule has 2 N–H and O–H groups in total. The van der Waals surface area contributed by atoms with Crippen LogP contribution >= 0.6 is 0 Å². The van der Waals surface area contributed by atoms with Gasteiger partial charge in [0.05, 0.1) is 23.1 Å². The van der Waals surface area contributed by atoms with Gasteiger partial charge in [-0.1, -0.05) is 0 Å². The van der Waals surface area contributed by atoms with E-state index in [1.54, 1.807) is 32.4 Å². The Bertz CT molecular complexity index is 754. The van der Waals surface area contributed by atoms with Crippen molar-refractivity contribution in [2.75, 3.05) is 24.5 Å². The van der Waals surface area contributed by atoms with E-state index in [9.17, 15) is 9.90 Å². The highest BCUT2D eigenvalue weighted by Crippen LogP contribution is 2.24. The Kier molecular flexibility index (Phi) is 4.89. The molecule has 132 valence electrons. The molecule has 1 saturated heterocycles. The van der Waals surface area contributed by atoms with E-state index in [0.29, 0.717) is 30.0 Å². The van der Waals surface area contributed by atoms with Crippen LogP contribution in [0.15, 0.2) is 24.8 Å². The second kappa shape index (κ2) is 7.10. The molecule has 0 spiro atoms. The zero-order valence-corrected chi connectivity index (χ0v) is 14.4. The number of anilines is 1. The van der Waals surface area contributed by atoms with Gasteiger partial charge in [-0.05, 0) is 26.7 Å². The largest absolute Gasteiger partial charge is 0.386 e. The fraction of sp³-hybridized carbons (Fsp3) is 0.471. The first kappa shape index (κ1) is 17.2. The normalized spacial score (nSPS) is 20.4. The topological polar surface area (TPSA) is 104 Å². The lowest BCUT2D eigenvalue weighted by atomic mass is 9.92. The van der Waals surface area contributed by atoms with Gasteiger partial charge in [0, 0.05) is 38.2 Å². The molecule has 0 saturated carbocycles. The van der Waals surface area contributed by atoms with Crippen molar-refractivity contribution in [1.82, 2.24) is 25.3 Å². The van der Waals surface area contributed by atoms with Crippen molar-refractivity contribution in [2.24, 2.45) is 0 Å². The lowest BCUT2D eigenvalue weighted by molar-refractivity contribution is 0.0254. The van der Waals surface area contributed by atoms with E-state index in [-0.39, 0.29) is 12.5 Å². The molecule has 1 atom stereocenters. The molecule has 0 aromatic carbocycles. The molecule has 1 aliphatic heterocycles. The number of carbonyl (C=O) groups excluding carboxylic acids is 1. The van der Waals surface area contributed by atoms with Crippen LogP contribution in [0, 0.1) is 13.8 Å². The third-order valence-electron chi connectivity index (χ3n) is 4.35. The van der Waals surface area contributed by atoms with Crippen LogP contribution in [-0.2, 0) is 0 Å². The smallest absolute Gasteiger partial charge is 0.254 e. The summed E-state index contributed by atoms with van der Waals surface area (Å²) < 4.78 is 0. The van der Waals surface area contributed by atoms with Crippen molar-refractivity contribution in [3.05, 3.63) is 41.9 Å². The number of aromatic nitrogens is 4. The molecule has 0 bridgehead atoms. The summed E-state index contributed by atoms with van der Waals surface area (Å²) in [6, 6.07) is 0. The lowest BCUT2D eigenvalue weighted by Crippen LogP contribution is -2.54. The predicted octanol–water partition coefficient (Wildman–Crippen LogP) is 0.645. The maximum Gasteiger partial charge on any atom is 0.254 e.